The second-order valence-corrected chi connectivity index (χ2v) is 3.89. The quantitative estimate of drug-likeness (QED) is 0.628. The van der Waals surface area contributed by atoms with Crippen molar-refractivity contribution < 1.29 is 9.18 Å². The molecule has 0 amide bonds. The average molecular weight is 283 g/mol. The lowest BCUT2D eigenvalue weighted by Gasteiger charge is -2.04. The number of alkyl halides is 1. The molecule has 16 heavy (non-hydrogen) atoms. The molecule has 82 valence electrons. The lowest BCUT2D eigenvalue weighted by molar-refractivity contribution is 0.102. The second kappa shape index (κ2) is 4.25. The number of ketones is 1. The molecule has 3 nitrogen and oxygen atoms in total. The molecule has 1 heterocycles. The fourth-order valence-electron chi connectivity index (χ4n) is 1.44. The molecule has 0 aliphatic heterocycles. The Labute approximate surface area is 99.8 Å². The molecule has 2 aromatic rings. The van der Waals surface area contributed by atoms with E-state index in [1.54, 1.807) is 25.1 Å². The smallest absolute Gasteiger partial charge is 0.234 e. The van der Waals surface area contributed by atoms with Crippen molar-refractivity contribution in [2.45, 2.75) is 6.92 Å². The van der Waals surface area contributed by atoms with Crippen molar-refractivity contribution in [3.8, 4) is 0 Å². The highest BCUT2D eigenvalue weighted by Crippen LogP contribution is 2.17. The second-order valence-electron chi connectivity index (χ2n) is 3.33. The van der Waals surface area contributed by atoms with Gasteiger partial charge in [0.05, 0.1) is 16.5 Å². The van der Waals surface area contributed by atoms with Crippen LogP contribution in [0, 0.1) is 12.9 Å². The average Bonchev–Trinajstić information content (AvgIpc) is 2.29. The number of aryl methyl sites for hydroxylation is 1. The number of hydrogen-bond donors (Lipinski definition) is 0. The van der Waals surface area contributed by atoms with Crippen LogP contribution in [0.5, 0.6) is 0 Å². The summed E-state index contributed by atoms with van der Waals surface area (Å²) in [5, 5.41) is 0.184. The molecule has 5 heteroatoms. The van der Waals surface area contributed by atoms with Crippen LogP contribution in [0.2, 0.25) is 0 Å². The van der Waals surface area contributed by atoms with Gasteiger partial charge in [0.2, 0.25) is 5.95 Å². The molecule has 1 aromatic heterocycles. The topological polar surface area (TPSA) is 42.9 Å². The minimum Gasteiger partial charge on any atom is -0.293 e. The number of carbonyl (C=O) groups is 1. The van der Waals surface area contributed by atoms with Crippen molar-refractivity contribution in [3.05, 3.63) is 35.4 Å². The third kappa shape index (κ3) is 1.82. The predicted octanol–water partition coefficient (Wildman–Crippen LogP) is 2.65. The highest BCUT2D eigenvalue weighted by molar-refractivity contribution is 9.09. The molecular formula is C11H8BrFN2O. The van der Waals surface area contributed by atoms with Gasteiger partial charge in [-0.15, -0.1) is 0 Å². The molecule has 0 fully saturated rings. The van der Waals surface area contributed by atoms with Crippen LogP contribution < -0.4 is 0 Å². The lowest BCUT2D eigenvalue weighted by atomic mass is 10.1. The summed E-state index contributed by atoms with van der Waals surface area (Å²) in [6.07, 6.45) is 0. The van der Waals surface area contributed by atoms with Gasteiger partial charge in [-0.2, -0.15) is 4.39 Å². The van der Waals surface area contributed by atoms with Gasteiger partial charge in [-0.05, 0) is 19.1 Å². The van der Waals surface area contributed by atoms with Gasteiger partial charge in [-0.3, -0.25) is 4.79 Å². The molecule has 1 aromatic carbocycles. The SMILES string of the molecule is Cc1nc2cccc(C(=O)CBr)c2nc1F. The molecule has 0 unspecified atom stereocenters. The standard InChI is InChI=1S/C11H8BrFN2O/c1-6-11(13)15-10-7(9(16)5-12)3-2-4-8(10)14-6/h2-4H,5H2,1H3. The molecule has 0 aliphatic carbocycles. The number of aromatic nitrogens is 2. The first-order valence-corrected chi connectivity index (χ1v) is 5.77. The molecule has 2 rings (SSSR count). The van der Waals surface area contributed by atoms with E-state index in [0.717, 1.165) is 0 Å². The first kappa shape index (κ1) is 11.1. The summed E-state index contributed by atoms with van der Waals surface area (Å²) in [4.78, 5) is 19.4. The van der Waals surface area contributed by atoms with Crippen LogP contribution in [0.1, 0.15) is 16.1 Å². The van der Waals surface area contributed by atoms with Gasteiger partial charge < -0.3 is 0 Å². The molecule has 0 atom stereocenters. The highest BCUT2D eigenvalue weighted by Gasteiger charge is 2.12. The Morgan fingerprint density at radius 2 is 2.19 bits per heavy atom. The molecule has 0 spiro atoms. The van der Waals surface area contributed by atoms with E-state index in [0.29, 0.717) is 16.6 Å². The Balaban J connectivity index is 2.77. The van der Waals surface area contributed by atoms with E-state index in [9.17, 15) is 9.18 Å². The van der Waals surface area contributed by atoms with E-state index in [-0.39, 0.29) is 16.8 Å². The number of benzene rings is 1. The van der Waals surface area contributed by atoms with E-state index in [1.807, 2.05) is 0 Å². The van der Waals surface area contributed by atoms with Crippen LogP contribution in [-0.4, -0.2) is 21.1 Å². The Morgan fingerprint density at radius 1 is 1.44 bits per heavy atom. The minimum atomic E-state index is -0.637. The Kier molecular flexibility index (Phi) is 2.96. The molecule has 0 radical (unpaired) electrons. The van der Waals surface area contributed by atoms with Gasteiger partial charge in [0.25, 0.3) is 0 Å². The summed E-state index contributed by atoms with van der Waals surface area (Å²) in [6, 6.07) is 5.04. The van der Waals surface area contributed by atoms with Crippen molar-refractivity contribution >= 4 is 32.7 Å². The maximum absolute atomic E-state index is 13.3. The van der Waals surface area contributed by atoms with Crippen LogP contribution in [0.25, 0.3) is 11.0 Å². The Hall–Kier alpha value is -1.36. The van der Waals surface area contributed by atoms with Crippen LogP contribution in [0.15, 0.2) is 18.2 Å². The van der Waals surface area contributed by atoms with Gasteiger partial charge >= 0.3 is 0 Å². The summed E-state index contributed by atoms with van der Waals surface area (Å²) >= 11 is 3.08. The number of para-hydroxylation sites is 1. The number of fused-ring (bicyclic) bond motifs is 1. The zero-order valence-corrected chi connectivity index (χ0v) is 10.1. The summed E-state index contributed by atoms with van der Waals surface area (Å²) in [5.74, 6) is -0.773. The normalized spacial score (nSPS) is 10.7. The van der Waals surface area contributed by atoms with Gasteiger partial charge in [0.1, 0.15) is 5.52 Å². The van der Waals surface area contributed by atoms with Gasteiger partial charge in [-0.25, -0.2) is 9.97 Å². The predicted molar refractivity (Wildman–Crippen MR) is 62.4 cm³/mol. The zero-order valence-electron chi connectivity index (χ0n) is 8.50. The number of rotatable bonds is 2. The molecule has 0 saturated carbocycles. The fourth-order valence-corrected chi connectivity index (χ4v) is 1.74. The van der Waals surface area contributed by atoms with E-state index in [1.165, 1.54) is 0 Å². The van der Waals surface area contributed by atoms with Crippen molar-refractivity contribution in [3.63, 3.8) is 0 Å². The molecule has 0 N–H and O–H groups in total. The number of hydrogen-bond acceptors (Lipinski definition) is 3. The number of halogens is 2. The maximum Gasteiger partial charge on any atom is 0.234 e. The van der Waals surface area contributed by atoms with Gasteiger partial charge in [0, 0.05) is 5.56 Å². The van der Waals surface area contributed by atoms with Crippen LogP contribution in [0.3, 0.4) is 0 Å². The number of carbonyl (C=O) groups excluding carboxylic acids is 1. The van der Waals surface area contributed by atoms with Crippen molar-refractivity contribution in [1.29, 1.82) is 0 Å². The number of nitrogens with zero attached hydrogens (tertiary/aromatic N) is 2. The van der Waals surface area contributed by atoms with Gasteiger partial charge in [0.15, 0.2) is 5.78 Å². The third-order valence-corrected chi connectivity index (χ3v) is 2.74. The van der Waals surface area contributed by atoms with E-state index in [4.69, 9.17) is 0 Å². The van der Waals surface area contributed by atoms with Crippen molar-refractivity contribution in [2.75, 3.05) is 5.33 Å². The van der Waals surface area contributed by atoms with Crippen molar-refractivity contribution in [2.24, 2.45) is 0 Å². The first-order chi connectivity index (χ1) is 7.63. The maximum atomic E-state index is 13.3. The first-order valence-electron chi connectivity index (χ1n) is 4.65. The van der Waals surface area contributed by atoms with Crippen LogP contribution in [-0.2, 0) is 0 Å². The molecular weight excluding hydrogens is 275 g/mol. The Morgan fingerprint density at radius 3 is 2.88 bits per heavy atom. The van der Waals surface area contributed by atoms with E-state index >= 15 is 0 Å². The van der Waals surface area contributed by atoms with Crippen LogP contribution in [0.4, 0.5) is 4.39 Å². The van der Waals surface area contributed by atoms with E-state index in [2.05, 4.69) is 25.9 Å². The summed E-state index contributed by atoms with van der Waals surface area (Å²) in [6.45, 7) is 1.54. The van der Waals surface area contributed by atoms with Crippen molar-refractivity contribution in [1.82, 2.24) is 9.97 Å². The zero-order chi connectivity index (χ0) is 11.7. The van der Waals surface area contributed by atoms with E-state index < -0.39 is 5.95 Å². The Bertz CT molecular complexity index is 571. The summed E-state index contributed by atoms with van der Waals surface area (Å²) in [5.41, 5.74) is 1.47. The summed E-state index contributed by atoms with van der Waals surface area (Å²) < 4.78 is 13.3. The highest BCUT2D eigenvalue weighted by atomic mass is 79.9. The monoisotopic (exact) mass is 282 g/mol. The minimum absolute atomic E-state index is 0.136. The lowest BCUT2D eigenvalue weighted by Crippen LogP contribution is -2.04. The number of Topliss-reactive ketones (excluding diaryl/α,β-unsaturated/α-hetero) is 1. The fraction of sp³-hybridized carbons (Fsp3) is 0.182. The molecule has 0 saturated heterocycles. The molecule has 0 bridgehead atoms. The molecule has 0 aliphatic rings. The summed E-state index contributed by atoms with van der Waals surface area (Å²) in [7, 11) is 0. The largest absolute Gasteiger partial charge is 0.293 e. The van der Waals surface area contributed by atoms with Gasteiger partial charge in [-0.1, -0.05) is 22.0 Å². The third-order valence-electron chi connectivity index (χ3n) is 2.23. The van der Waals surface area contributed by atoms with Crippen LogP contribution >= 0.6 is 15.9 Å².